The van der Waals surface area contributed by atoms with E-state index >= 15 is 0 Å². The summed E-state index contributed by atoms with van der Waals surface area (Å²) in [5.41, 5.74) is 2.11. The number of hydrogen-bond acceptors (Lipinski definition) is 6. The highest BCUT2D eigenvalue weighted by Gasteiger charge is 2.16. The van der Waals surface area contributed by atoms with E-state index < -0.39 is 0 Å². The number of amides is 1. The van der Waals surface area contributed by atoms with Crippen molar-refractivity contribution in [2.24, 2.45) is 0 Å². The van der Waals surface area contributed by atoms with Crippen LogP contribution < -0.4 is 5.32 Å². The summed E-state index contributed by atoms with van der Waals surface area (Å²) >= 11 is 3.11. The molecular formula is C18H19N3O2S2. The third-order valence-corrected chi connectivity index (χ3v) is 5.62. The van der Waals surface area contributed by atoms with Crippen molar-refractivity contribution in [2.45, 2.75) is 31.4 Å². The molecule has 0 saturated heterocycles. The first kappa shape index (κ1) is 17.7. The van der Waals surface area contributed by atoms with Gasteiger partial charge in [0, 0.05) is 10.4 Å². The van der Waals surface area contributed by atoms with Gasteiger partial charge in [-0.05, 0) is 25.3 Å². The molecule has 2 heterocycles. The average molecular weight is 374 g/mol. The molecule has 0 aliphatic carbocycles. The number of aryl methyl sites for hydroxylation is 1. The maximum Gasteiger partial charge on any atom is 0.236 e. The number of carbonyl (C=O) groups is 1. The summed E-state index contributed by atoms with van der Waals surface area (Å²) < 4.78 is 5.29. The molecule has 0 radical (unpaired) electrons. The minimum absolute atomic E-state index is 0.0108. The van der Waals surface area contributed by atoms with Crippen molar-refractivity contribution in [2.75, 3.05) is 0 Å². The van der Waals surface area contributed by atoms with E-state index in [1.54, 1.807) is 11.3 Å². The molecule has 1 amide bonds. The number of carbonyl (C=O) groups excluding carboxylic acids is 1. The lowest BCUT2D eigenvalue weighted by molar-refractivity contribution is -0.120. The Morgan fingerprint density at radius 2 is 2.12 bits per heavy atom. The van der Waals surface area contributed by atoms with Gasteiger partial charge in [-0.3, -0.25) is 4.79 Å². The molecule has 1 atom stereocenters. The van der Waals surface area contributed by atoms with Gasteiger partial charge in [0.2, 0.25) is 17.6 Å². The third kappa shape index (κ3) is 4.93. The fraction of sp³-hybridized carbons (Fsp3) is 0.278. The number of hydrogen-bond donors (Lipinski definition) is 1. The van der Waals surface area contributed by atoms with E-state index in [1.807, 2.05) is 55.6 Å². The van der Waals surface area contributed by atoms with Crippen LogP contribution in [0.15, 0.2) is 46.3 Å². The molecule has 0 spiro atoms. The lowest BCUT2D eigenvalue weighted by Crippen LogP contribution is -2.30. The number of nitrogens with zero attached hydrogens (tertiary/aromatic N) is 2. The fourth-order valence-electron chi connectivity index (χ4n) is 2.14. The summed E-state index contributed by atoms with van der Waals surface area (Å²) in [6, 6.07) is 12.0. The second-order valence-corrected chi connectivity index (χ2v) is 7.99. The van der Waals surface area contributed by atoms with E-state index in [4.69, 9.17) is 4.52 Å². The molecule has 0 bridgehead atoms. The van der Waals surface area contributed by atoms with Crippen LogP contribution in [0, 0.1) is 6.92 Å². The number of thioether (sulfide) groups is 1. The Morgan fingerprint density at radius 3 is 2.84 bits per heavy atom. The maximum absolute atomic E-state index is 12.1. The summed E-state index contributed by atoms with van der Waals surface area (Å²) in [4.78, 5) is 17.7. The van der Waals surface area contributed by atoms with Crippen molar-refractivity contribution in [1.82, 2.24) is 15.5 Å². The molecule has 5 nitrogen and oxygen atoms in total. The number of thiophene rings is 1. The van der Waals surface area contributed by atoms with Crippen LogP contribution in [-0.2, 0) is 17.1 Å². The highest BCUT2D eigenvalue weighted by Crippen LogP contribution is 2.21. The zero-order valence-corrected chi connectivity index (χ0v) is 15.7. The molecule has 1 N–H and O–H groups in total. The molecular weight excluding hydrogens is 354 g/mol. The lowest BCUT2D eigenvalue weighted by atomic mass is 10.1. The van der Waals surface area contributed by atoms with Crippen molar-refractivity contribution in [3.05, 3.63) is 58.1 Å². The first-order valence-corrected chi connectivity index (χ1v) is 9.86. The molecule has 0 unspecified atom stereocenters. The number of rotatable bonds is 7. The van der Waals surface area contributed by atoms with E-state index in [9.17, 15) is 4.79 Å². The molecule has 3 rings (SSSR count). The van der Waals surface area contributed by atoms with Crippen molar-refractivity contribution >= 4 is 29.0 Å². The predicted molar refractivity (Wildman–Crippen MR) is 101 cm³/mol. The highest BCUT2D eigenvalue weighted by atomic mass is 32.2. The van der Waals surface area contributed by atoms with E-state index in [1.165, 1.54) is 17.3 Å². The molecule has 1 aromatic carbocycles. The zero-order valence-electron chi connectivity index (χ0n) is 14.1. The van der Waals surface area contributed by atoms with Crippen LogP contribution in [0.4, 0.5) is 0 Å². The Hall–Kier alpha value is -2.12. The monoisotopic (exact) mass is 373 g/mol. The van der Waals surface area contributed by atoms with Crippen molar-refractivity contribution in [3.8, 4) is 11.4 Å². The van der Waals surface area contributed by atoms with E-state index in [-0.39, 0.29) is 11.2 Å². The Morgan fingerprint density at radius 1 is 1.32 bits per heavy atom. The summed E-state index contributed by atoms with van der Waals surface area (Å²) in [5, 5.41) is 8.77. The minimum Gasteiger partial charge on any atom is -0.350 e. The number of benzene rings is 1. The topological polar surface area (TPSA) is 68.0 Å². The molecule has 0 saturated carbocycles. The van der Waals surface area contributed by atoms with Gasteiger partial charge in [0.1, 0.15) is 0 Å². The minimum atomic E-state index is -0.185. The predicted octanol–water partition coefficient (Wildman–Crippen LogP) is 4.04. The first-order chi connectivity index (χ1) is 12.1. The molecule has 0 aliphatic heterocycles. The van der Waals surface area contributed by atoms with Gasteiger partial charge in [0.05, 0.1) is 17.5 Å². The van der Waals surface area contributed by atoms with Crippen molar-refractivity contribution in [1.29, 1.82) is 0 Å². The highest BCUT2D eigenvalue weighted by molar-refractivity contribution is 7.99. The van der Waals surface area contributed by atoms with Crippen molar-refractivity contribution < 1.29 is 9.32 Å². The Labute approximate surface area is 154 Å². The smallest absolute Gasteiger partial charge is 0.236 e. The fourth-order valence-corrected chi connectivity index (χ4v) is 3.53. The van der Waals surface area contributed by atoms with Gasteiger partial charge in [0.25, 0.3) is 0 Å². The zero-order chi connectivity index (χ0) is 17.6. The molecule has 3 aromatic rings. The van der Waals surface area contributed by atoms with E-state index in [0.29, 0.717) is 24.0 Å². The summed E-state index contributed by atoms with van der Waals surface area (Å²) in [6.45, 7) is 4.48. The van der Waals surface area contributed by atoms with Crippen LogP contribution in [0.5, 0.6) is 0 Å². The summed E-state index contributed by atoms with van der Waals surface area (Å²) in [7, 11) is 0. The van der Waals surface area contributed by atoms with Gasteiger partial charge in [-0.25, -0.2) is 0 Å². The summed E-state index contributed by atoms with van der Waals surface area (Å²) in [5.74, 6) is 1.62. The van der Waals surface area contributed by atoms with Crippen LogP contribution in [-0.4, -0.2) is 21.3 Å². The molecule has 0 fully saturated rings. The van der Waals surface area contributed by atoms with Gasteiger partial charge in [-0.15, -0.1) is 23.1 Å². The van der Waals surface area contributed by atoms with Gasteiger partial charge in [-0.2, -0.15) is 4.98 Å². The lowest BCUT2D eigenvalue weighted by Gasteiger charge is -2.10. The van der Waals surface area contributed by atoms with Gasteiger partial charge >= 0.3 is 0 Å². The Kier molecular flexibility index (Phi) is 5.88. The van der Waals surface area contributed by atoms with Crippen LogP contribution in [0.2, 0.25) is 0 Å². The Bertz CT molecular complexity index is 813. The maximum atomic E-state index is 12.1. The molecule has 0 aliphatic rings. The van der Waals surface area contributed by atoms with Gasteiger partial charge in [-0.1, -0.05) is 41.1 Å². The second-order valence-electron chi connectivity index (χ2n) is 5.63. The van der Waals surface area contributed by atoms with Crippen LogP contribution in [0.25, 0.3) is 11.4 Å². The number of aromatic nitrogens is 2. The first-order valence-electron chi connectivity index (χ1n) is 7.93. The number of nitrogens with one attached hydrogen (secondary N) is 1. The molecule has 25 heavy (non-hydrogen) atoms. The molecule has 7 heteroatoms. The van der Waals surface area contributed by atoms with Gasteiger partial charge in [0.15, 0.2) is 0 Å². The normalized spacial score (nSPS) is 12.1. The van der Waals surface area contributed by atoms with Crippen LogP contribution in [0.1, 0.15) is 23.3 Å². The van der Waals surface area contributed by atoms with Gasteiger partial charge < -0.3 is 9.84 Å². The van der Waals surface area contributed by atoms with E-state index in [2.05, 4.69) is 15.5 Å². The standard InChI is InChI=1S/C18H19N3O2S2/c1-12-5-7-14(8-6-12)17-20-16(23-21-17)11-25-13(2)18(22)19-10-15-4-3-9-24-15/h3-9,13H,10-11H2,1-2H3,(H,19,22)/t13-/m1/s1. The van der Waals surface area contributed by atoms with Crippen molar-refractivity contribution in [3.63, 3.8) is 0 Å². The average Bonchev–Trinajstić information content (AvgIpc) is 3.30. The SMILES string of the molecule is Cc1ccc(-c2noc(CS[C@H](C)C(=O)NCc3cccs3)n2)cc1. The van der Waals surface area contributed by atoms with Crippen LogP contribution in [0.3, 0.4) is 0 Å². The quantitative estimate of drug-likeness (QED) is 0.677. The summed E-state index contributed by atoms with van der Waals surface area (Å²) in [6.07, 6.45) is 0. The largest absolute Gasteiger partial charge is 0.350 e. The Balaban J connectivity index is 1.49. The second kappa shape index (κ2) is 8.31. The van der Waals surface area contributed by atoms with Crippen LogP contribution >= 0.6 is 23.1 Å². The van der Waals surface area contributed by atoms with E-state index in [0.717, 1.165) is 10.4 Å². The molecule has 2 aromatic heterocycles. The third-order valence-electron chi connectivity index (χ3n) is 3.62. The molecule has 130 valence electrons.